The van der Waals surface area contributed by atoms with Crippen LogP contribution in [0.1, 0.15) is 46.5 Å². The zero-order valence-corrected chi connectivity index (χ0v) is 11.1. The molecule has 2 nitrogen and oxygen atoms in total. The van der Waals surface area contributed by atoms with Gasteiger partial charge in [-0.2, -0.15) is 0 Å². The van der Waals surface area contributed by atoms with Gasteiger partial charge in [-0.25, -0.2) is 0 Å². The van der Waals surface area contributed by atoms with E-state index in [1.54, 1.807) is 0 Å². The van der Waals surface area contributed by atoms with Crippen LogP contribution in [-0.4, -0.2) is 24.8 Å². The SMILES string of the molecule is C=CCCC1(OC(C)C(C)C)CCNCC1. The molecule has 16 heavy (non-hydrogen) atoms. The van der Waals surface area contributed by atoms with Gasteiger partial charge in [0, 0.05) is 0 Å². The third-order valence-corrected chi connectivity index (χ3v) is 3.69. The van der Waals surface area contributed by atoms with Crippen molar-refractivity contribution in [3.05, 3.63) is 12.7 Å². The fraction of sp³-hybridized carbons (Fsp3) is 0.857. The Kier molecular flexibility index (Phi) is 5.50. The Morgan fingerprint density at radius 2 is 1.94 bits per heavy atom. The Morgan fingerprint density at radius 3 is 2.44 bits per heavy atom. The van der Waals surface area contributed by atoms with Crippen LogP contribution in [0.2, 0.25) is 0 Å². The summed E-state index contributed by atoms with van der Waals surface area (Å²) in [4.78, 5) is 0. The number of hydrogen-bond donors (Lipinski definition) is 1. The Morgan fingerprint density at radius 1 is 1.31 bits per heavy atom. The molecule has 1 N–H and O–H groups in total. The molecule has 1 fully saturated rings. The molecule has 1 unspecified atom stereocenters. The first kappa shape index (κ1) is 13.7. The Hall–Kier alpha value is -0.340. The first-order valence-electron chi connectivity index (χ1n) is 6.59. The van der Waals surface area contributed by atoms with Gasteiger partial charge in [-0.15, -0.1) is 6.58 Å². The molecule has 0 aromatic rings. The number of rotatable bonds is 6. The highest BCUT2D eigenvalue weighted by Crippen LogP contribution is 2.31. The van der Waals surface area contributed by atoms with E-state index in [-0.39, 0.29) is 5.60 Å². The number of ether oxygens (including phenoxy) is 1. The minimum atomic E-state index is 0.100. The van der Waals surface area contributed by atoms with E-state index in [0.717, 1.165) is 38.8 Å². The van der Waals surface area contributed by atoms with Crippen LogP contribution >= 0.6 is 0 Å². The summed E-state index contributed by atoms with van der Waals surface area (Å²) in [5, 5.41) is 3.41. The van der Waals surface area contributed by atoms with Crippen molar-refractivity contribution in [2.75, 3.05) is 13.1 Å². The summed E-state index contributed by atoms with van der Waals surface area (Å²) in [5.74, 6) is 0.593. The van der Waals surface area contributed by atoms with Crippen molar-refractivity contribution < 1.29 is 4.74 Å². The van der Waals surface area contributed by atoms with E-state index in [1.165, 1.54) is 0 Å². The summed E-state index contributed by atoms with van der Waals surface area (Å²) >= 11 is 0. The second-order valence-corrected chi connectivity index (χ2v) is 5.33. The van der Waals surface area contributed by atoms with E-state index in [4.69, 9.17) is 4.74 Å². The molecule has 0 aliphatic carbocycles. The molecule has 0 bridgehead atoms. The molecule has 0 amide bonds. The summed E-state index contributed by atoms with van der Waals surface area (Å²) in [6, 6.07) is 0. The fourth-order valence-electron chi connectivity index (χ4n) is 2.20. The standard InChI is InChI=1S/C14H27NO/c1-5-6-7-14(8-10-15-11-9-14)16-13(4)12(2)3/h5,12-13,15H,1,6-11H2,2-4H3. The van der Waals surface area contributed by atoms with Crippen LogP contribution < -0.4 is 5.32 Å². The normalized spacial score (nSPS) is 22.0. The quantitative estimate of drug-likeness (QED) is 0.701. The van der Waals surface area contributed by atoms with E-state index >= 15 is 0 Å². The molecule has 1 aliphatic heterocycles. The van der Waals surface area contributed by atoms with Gasteiger partial charge < -0.3 is 10.1 Å². The van der Waals surface area contributed by atoms with Crippen molar-refractivity contribution in [1.82, 2.24) is 5.32 Å². The van der Waals surface area contributed by atoms with Gasteiger partial charge in [0.1, 0.15) is 0 Å². The zero-order chi connectivity index (χ0) is 12.0. The first-order chi connectivity index (χ1) is 7.59. The van der Waals surface area contributed by atoms with Crippen LogP contribution in [0.25, 0.3) is 0 Å². The number of piperidine rings is 1. The van der Waals surface area contributed by atoms with Crippen molar-refractivity contribution in [3.8, 4) is 0 Å². The molecule has 2 heteroatoms. The van der Waals surface area contributed by atoms with Gasteiger partial charge in [0.05, 0.1) is 11.7 Å². The van der Waals surface area contributed by atoms with Crippen molar-refractivity contribution in [2.45, 2.75) is 58.2 Å². The lowest BCUT2D eigenvalue weighted by Gasteiger charge is -2.40. The van der Waals surface area contributed by atoms with Crippen molar-refractivity contribution in [3.63, 3.8) is 0 Å². The predicted molar refractivity (Wildman–Crippen MR) is 69.7 cm³/mol. The number of nitrogens with one attached hydrogen (secondary N) is 1. The van der Waals surface area contributed by atoms with Crippen molar-refractivity contribution >= 4 is 0 Å². The van der Waals surface area contributed by atoms with E-state index < -0.39 is 0 Å². The average molecular weight is 225 g/mol. The fourth-order valence-corrected chi connectivity index (χ4v) is 2.20. The van der Waals surface area contributed by atoms with E-state index in [0.29, 0.717) is 12.0 Å². The third kappa shape index (κ3) is 3.91. The largest absolute Gasteiger partial charge is 0.372 e. The van der Waals surface area contributed by atoms with Crippen molar-refractivity contribution in [1.29, 1.82) is 0 Å². The lowest BCUT2D eigenvalue weighted by Crippen LogP contribution is -2.46. The van der Waals surface area contributed by atoms with Crippen LogP contribution in [0, 0.1) is 5.92 Å². The molecule has 94 valence electrons. The molecule has 0 radical (unpaired) electrons. The molecule has 1 aliphatic rings. The topological polar surface area (TPSA) is 21.3 Å². The molecule has 1 saturated heterocycles. The van der Waals surface area contributed by atoms with Gasteiger partial charge in [-0.1, -0.05) is 19.9 Å². The highest BCUT2D eigenvalue weighted by atomic mass is 16.5. The van der Waals surface area contributed by atoms with Crippen LogP contribution in [0.5, 0.6) is 0 Å². The smallest absolute Gasteiger partial charge is 0.0713 e. The molecule has 1 atom stereocenters. The molecule has 0 saturated carbocycles. The van der Waals surface area contributed by atoms with Gasteiger partial charge in [0.15, 0.2) is 0 Å². The minimum Gasteiger partial charge on any atom is -0.372 e. The second-order valence-electron chi connectivity index (χ2n) is 5.33. The van der Waals surface area contributed by atoms with Crippen molar-refractivity contribution in [2.24, 2.45) is 5.92 Å². The van der Waals surface area contributed by atoms with Gasteiger partial charge in [0.25, 0.3) is 0 Å². The van der Waals surface area contributed by atoms with Gasteiger partial charge >= 0.3 is 0 Å². The lowest BCUT2D eigenvalue weighted by atomic mass is 9.86. The van der Waals surface area contributed by atoms with Gasteiger partial charge in [-0.3, -0.25) is 0 Å². The highest BCUT2D eigenvalue weighted by Gasteiger charge is 2.34. The molecule has 0 spiro atoms. The van der Waals surface area contributed by atoms with Crippen LogP contribution in [0.4, 0.5) is 0 Å². The van der Waals surface area contributed by atoms with Gasteiger partial charge in [-0.05, 0) is 51.6 Å². The number of hydrogen-bond acceptors (Lipinski definition) is 2. The molecule has 0 aromatic carbocycles. The molecular formula is C14H27NO. The minimum absolute atomic E-state index is 0.100. The maximum Gasteiger partial charge on any atom is 0.0713 e. The molecule has 0 aromatic heterocycles. The van der Waals surface area contributed by atoms with Crippen LogP contribution in [0.15, 0.2) is 12.7 Å². The Balaban J connectivity index is 2.58. The van der Waals surface area contributed by atoms with E-state index in [2.05, 4.69) is 32.7 Å². The Labute approximate surface area is 100 Å². The van der Waals surface area contributed by atoms with Crippen LogP contribution in [-0.2, 0) is 4.74 Å². The monoisotopic (exact) mass is 225 g/mol. The summed E-state index contributed by atoms with van der Waals surface area (Å²) in [6.45, 7) is 12.6. The summed E-state index contributed by atoms with van der Waals surface area (Å²) in [7, 11) is 0. The van der Waals surface area contributed by atoms with E-state index in [1.807, 2.05) is 6.08 Å². The predicted octanol–water partition coefficient (Wildman–Crippen LogP) is 3.14. The zero-order valence-electron chi connectivity index (χ0n) is 11.1. The van der Waals surface area contributed by atoms with Crippen LogP contribution in [0.3, 0.4) is 0 Å². The summed E-state index contributed by atoms with van der Waals surface area (Å²) in [6.07, 6.45) is 6.81. The lowest BCUT2D eigenvalue weighted by molar-refractivity contribution is -0.121. The average Bonchev–Trinajstić information content (AvgIpc) is 2.27. The maximum absolute atomic E-state index is 6.35. The first-order valence-corrected chi connectivity index (χ1v) is 6.59. The molecule has 1 heterocycles. The highest BCUT2D eigenvalue weighted by molar-refractivity contribution is 4.89. The summed E-state index contributed by atoms with van der Waals surface area (Å²) < 4.78 is 6.35. The molecule has 1 rings (SSSR count). The Bertz CT molecular complexity index is 207. The van der Waals surface area contributed by atoms with Gasteiger partial charge in [0.2, 0.25) is 0 Å². The number of allylic oxidation sites excluding steroid dienone is 1. The van der Waals surface area contributed by atoms with E-state index in [9.17, 15) is 0 Å². The molecular weight excluding hydrogens is 198 g/mol. The second kappa shape index (κ2) is 6.41. The maximum atomic E-state index is 6.35. The summed E-state index contributed by atoms with van der Waals surface area (Å²) in [5.41, 5.74) is 0.100. The third-order valence-electron chi connectivity index (χ3n) is 3.69.